The van der Waals surface area contributed by atoms with Crippen molar-refractivity contribution in [1.29, 1.82) is 0 Å². The molecule has 2 atom stereocenters. The fourth-order valence-corrected chi connectivity index (χ4v) is 5.16. The Bertz CT molecular complexity index is 879. The summed E-state index contributed by atoms with van der Waals surface area (Å²) in [7, 11) is -1.98. The maximum absolute atomic E-state index is 13.2. The van der Waals surface area contributed by atoms with Gasteiger partial charge in [0.15, 0.2) is 9.84 Å². The molecule has 2 aliphatic rings. The molecule has 9 heteroatoms. The number of urea groups is 1. The minimum absolute atomic E-state index is 0.00365. The van der Waals surface area contributed by atoms with Crippen LogP contribution in [-0.4, -0.2) is 50.0 Å². The molecule has 0 aliphatic carbocycles. The summed E-state index contributed by atoms with van der Waals surface area (Å²) in [6, 6.07) is 3.60. The SMILES string of the molecule is COC(=O)C1=C(C)N([C@H]2CCS(=O)(=O)C2)C(=O)N[C@@H]1c1ccc(F)cc1. The number of carbonyl (C=O) groups excluding carboxylic acids is 2. The number of allylic oxidation sites excluding steroid dienone is 1. The molecule has 2 amide bonds. The Hall–Kier alpha value is -2.42. The second-order valence-electron chi connectivity index (χ2n) is 6.35. The topological polar surface area (TPSA) is 92.8 Å². The third kappa shape index (κ3) is 3.31. The first-order valence-electron chi connectivity index (χ1n) is 8.08. The minimum Gasteiger partial charge on any atom is -0.466 e. The zero-order chi connectivity index (χ0) is 19.1. The normalized spacial score (nSPS) is 25.2. The van der Waals surface area contributed by atoms with Gasteiger partial charge in [-0.05, 0) is 31.0 Å². The molecular weight excluding hydrogens is 363 g/mol. The number of carbonyl (C=O) groups is 2. The van der Waals surface area contributed by atoms with Crippen LogP contribution >= 0.6 is 0 Å². The van der Waals surface area contributed by atoms with E-state index in [-0.39, 0.29) is 17.1 Å². The van der Waals surface area contributed by atoms with Gasteiger partial charge in [-0.25, -0.2) is 22.4 Å². The summed E-state index contributed by atoms with van der Waals surface area (Å²) in [6.45, 7) is 1.59. The van der Waals surface area contributed by atoms with Gasteiger partial charge in [0.2, 0.25) is 0 Å². The van der Waals surface area contributed by atoms with Crippen LogP contribution in [0.1, 0.15) is 24.9 Å². The van der Waals surface area contributed by atoms with Crippen molar-refractivity contribution in [3.05, 3.63) is 46.9 Å². The number of esters is 1. The van der Waals surface area contributed by atoms with Gasteiger partial charge in [0.1, 0.15) is 5.82 Å². The van der Waals surface area contributed by atoms with Gasteiger partial charge in [0.25, 0.3) is 0 Å². The lowest BCUT2D eigenvalue weighted by Crippen LogP contribution is -2.52. The number of rotatable bonds is 3. The van der Waals surface area contributed by atoms with Crippen molar-refractivity contribution in [2.75, 3.05) is 18.6 Å². The molecule has 0 unspecified atom stereocenters. The summed E-state index contributed by atoms with van der Waals surface area (Å²) in [6.07, 6.45) is 0.308. The van der Waals surface area contributed by atoms with Crippen LogP contribution in [0.4, 0.5) is 9.18 Å². The highest BCUT2D eigenvalue weighted by Gasteiger charge is 2.42. The molecule has 26 heavy (non-hydrogen) atoms. The summed E-state index contributed by atoms with van der Waals surface area (Å²) in [5, 5.41) is 2.71. The van der Waals surface area contributed by atoms with E-state index >= 15 is 0 Å². The van der Waals surface area contributed by atoms with E-state index in [2.05, 4.69) is 5.32 Å². The first kappa shape index (κ1) is 18.4. The van der Waals surface area contributed by atoms with E-state index < -0.39 is 39.7 Å². The number of sulfone groups is 1. The number of methoxy groups -OCH3 is 1. The van der Waals surface area contributed by atoms with Crippen molar-refractivity contribution < 1.29 is 27.1 Å². The number of hydrogen-bond acceptors (Lipinski definition) is 5. The van der Waals surface area contributed by atoms with Crippen molar-refractivity contribution in [2.45, 2.75) is 25.4 Å². The molecule has 1 aromatic carbocycles. The highest BCUT2D eigenvalue weighted by atomic mass is 32.2. The molecule has 140 valence electrons. The van der Waals surface area contributed by atoms with Gasteiger partial charge >= 0.3 is 12.0 Å². The second kappa shape index (κ2) is 6.71. The van der Waals surface area contributed by atoms with Gasteiger partial charge in [-0.1, -0.05) is 12.1 Å². The average molecular weight is 382 g/mol. The van der Waals surface area contributed by atoms with E-state index in [1.54, 1.807) is 6.92 Å². The zero-order valence-corrected chi connectivity index (χ0v) is 15.2. The third-order valence-electron chi connectivity index (χ3n) is 4.71. The Morgan fingerprint density at radius 1 is 1.31 bits per heavy atom. The number of benzene rings is 1. The number of nitrogens with zero attached hydrogens (tertiary/aromatic N) is 1. The van der Waals surface area contributed by atoms with Crippen LogP contribution in [0.5, 0.6) is 0 Å². The summed E-state index contributed by atoms with van der Waals surface area (Å²) in [4.78, 5) is 26.4. The van der Waals surface area contributed by atoms with E-state index in [0.717, 1.165) is 0 Å². The quantitative estimate of drug-likeness (QED) is 0.801. The van der Waals surface area contributed by atoms with Crippen LogP contribution in [0.2, 0.25) is 0 Å². The van der Waals surface area contributed by atoms with Crippen molar-refractivity contribution >= 4 is 21.8 Å². The van der Waals surface area contributed by atoms with Crippen LogP contribution in [0.25, 0.3) is 0 Å². The summed E-state index contributed by atoms with van der Waals surface area (Å²) in [5.41, 5.74) is 1.07. The van der Waals surface area contributed by atoms with Crippen molar-refractivity contribution in [3.8, 4) is 0 Å². The lowest BCUT2D eigenvalue weighted by atomic mass is 9.94. The van der Waals surface area contributed by atoms with Gasteiger partial charge in [0.05, 0.1) is 36.3 Å². The first-order valence-corrected chi connectivity index (χ1v) is 9.90. The maximum atomic E-state index is 13.2. The molecule has 0 spiro atoms. The lowest BCUT2D eigenvalue weighted by molar-refractivity contribution is -0.136. The van der Waals surface area contributed by atoms with E-state index in [9.17, 15) is 22.4 Å². The number of nitrogens with one attached hydrogen (secondary N) is 1. The molecule has 1 N–H and O–H groups in total. The van der Waals surface area contributed by atoms with Gasteiger partial charge in [-0.2, -0.15) is 0 Å². The van der Waals surface area contributed by atoms with Gasteiger partial charge in [-0.3, -0.25) is 4.90 Å². The number of hydrogen-bond donors (Lipinski definition) is 1. The number of halogens is 1. The Balaban J connectivity index is 2.05. The summed E-state index contributed by atoms with van der Waals surface area (Å²) < 4.78 is 41.6. The van der Waals surface area contributed by atoms with Crippen LogP contribution in [0.15, 0.2) is 35.5 Å². The molecule has 2 heterocycles. The third-order valence-corrected chi connectivity index (χ3v) is 6.46. The molecule has 0 saturated carbocycles. The van der Waals surface area contributed by atoms with E-state index in [4.69, 9.17) is 4.74 Å². The Kier molecular flexibility index (Phi) is 4.74. The fourth-order valence-electron chi connectivity index (χ4n) is 3.46. The molecule has 7 nitrogen and oxygen atoms in total. The van der Waals surface area contributed by atoms with Gasteiger partial charge < -0.3 is 10.1 Å². The second-order valence-corrected chi connectivity index (χ2v) is 8.58. The fraction of sp³-hybridized carbons (Fsp3) is 0.412. The molecule has 0 bridgehead atoms. The van der Waals surface area contributed by atoms with Crippen molar-refractivity contribution in [3.63, 3.8) is 0 Å². The molecule has 0 radical (unpaired) electrons. The Labute approximate surface area is 150 Å². The molecule has 1 aromatic rings. The predicted octanol–water partition coefficient (Wildman–Crippen LogP) is 1.53. The Morgan fingerprint density at radius 2 is 1.96 bits per heavy atom. The molecule has 3 rings (SSSR count). The van der Waals surface area contributed by atoms with Crippen LogP contribution in [0.3, 0.4) is 0 Å². The highest BCUT2D eigenvalue weighted by molar-refractivity contribution is 7.91. The largest absolute Gasteiger partial charge is 0.466 e. The average Bonchev–Trinajstić information content (AvgIpc) is 2.94. The summed E-state index contributed by atoms with van der Waals surface area (Å²) in [5.74, 6) is -1.21. The van der Waals surface area contributed by atoms with Crippen molar-refractivity contribution in [1.82, 2.24) is 10.2 Å². The van der Waals surface area contributed by atoms with E-state index in [1.165, 1.54) is 36.3 Å². The van der Waals surface area contributed by atoms with E-state index in [1.807, 2.05) is 0 Å². The van der Waals surface area contributed by atoms with Crippen LogP contribution < -0.4 is 5.32 Å². The molecular formula is C17H19FN2O5S. The predicted molar refractivity (Wildman–Crippen MR) is 91.3 cm³/mol. The molecule has 1 fully saturated rings. The van der Waals surface area contributed by atoms with Gasteiger partial charge in [0, 0.05) is 5.70 Å². The number of ether oxygens (including phenoxy) is 1. The minimum atomic E-state index is -3.21. The van der Waals surface area contributed by atoms with Crippen LogP contribution in [-0.2, 0) is 19.4 Å². The maximum Gasteiger partial charge on any atom is 0.337 e. The summed E-state index contributed by atoms with van der Waals surface area (Å²) >= 11 is 0. The van der Waals surface area contributed by atoms with Gasteiger partial charge in [-0.15, -0.1) is 0 Å². The van der Waals surface area contributed by atoms with Crippen molar-refractivity contribution in [2.24, 2.45) is 0 Å². The molecule has 2 aliphatic heterocycles. The first-order chi connectivity index (χ1) is 12.2. The Morgan fingerprint density at radius 3 is 2.50 bits per heavy atom. The van der Waals surface area contributed by atoms with Crippen LogP contribution in [0, 0.1) is 5.82 Å². The monoisotopic (exact) mass is 382 g/mol. The smallest absolute Gasteiger partial charge is 0.337 e. The number of amides is 2. The standard InChI is InChI=1S/C17H19FN2O5S/c1-10-14(16(21)25-2)15(11-3-5-12(18)6-4-11)19-17(22)20(10)13-7-8-26(23,24)9-13/h3-6,13,15H,7-9H2,1-2H3,(H,19,22)/t13-,15+/m0/s1. The highest BCUT2D eigenvalue weighted by Crippen LogP contribution is 2.34. The van der Waals surface area contributed by atoms with E-state index in [0.29, 0.717) is 17.7 Å². The molecule has 0 aromatic heterocycles. The lowest BCUT2D eigenvalue weighted by Gasteiger charge is -2.38. The molecule has 1 saturated heterocycles. The zero-order valence-electron chi connectivity index (χ0n) is 14.4.